The highest BCUT2D eigenvalue weighted by Gasteiger charge is 2.11. The van der Waals surface area contributed by atoms with Crippen LogP contribution in [0, 0.1) is 0 Å². The molecular formula is C18H19N5O. The molecular weight excluding hydrogens is 302 g/mol. The quantitative estimate of drug-likeness (QED) is 0.662. The van der Waals surface area contributed by atoms with Gasteiger partial charge in [-0.3, -0.25) is 4.79 Å². The minimum atomic E-state index is 0.238. The summed E-state index contributed by atoms with van der Waals surface area (Å²) in [4.78, 5) is 16.7. The number of carbonyl (C=O) groups excluding carboxylic acids is 1. The van der Waals surface area contributed by atoms with Crippen LogP contribution in [0.4, 0.5) is 5.82 Å². The zero-order chi connectivity index (χ0) is 16.4. The third-order valence-electron chi connectivity index (χ3n) is 4.23. The van der Waals surface area contributed by atoms with Gasteiger partial charge in [0.1, 0.15) is 11.6 Å². The second-order valence-corrected chi connectivity index (χ2v) is 5.98. The molecule has 2 N–H and O–H groups in total. The van der Waals surface area contributed by atoms with E-state index < -0.39 is 0 Å². The number of aromatic nitrogens is 3. The monoisotopic (exact) mass is 321 g/mol. The first-order valence-electron chi connectivity index (χ1n) is 8.19. The first-order chi connectivity index (χ1) is 11.8. The molecule has 122 valence electrons. The molecule has 0 saturated carbocycles. The van der Waals surface area contributed by atoms with E-state index in [2.05, 4.69) is 38.9 Å². The lowest BCUT2D eigenvalue weighted by atomic mass is 10.0. The maximum Gasteiger partial charge on any atom is 0.165 e. The first kappa shape index (κ1) is 14.8. The fourth-order valence-electron chi connectivity index (χ4n) is 2.94. The molecule has 1 aliphatic rings. The van der Waals surface area contributed by atoms with Gasteiger partial charge in [0, 0.05) is 31.3 Å². The average Bonchev–Trinajstić information content (AvgIpc) is 3.02. The zero-order valence-electron chi connectivity index (χ0n) is 13.3. The molecule has 0 fully saturated rings. The minimum absolute atomic E-state index is 0.238. The Kier molecular flexibility index (Phi) is 3.96. The van der Waals surface area contributed by atoms with Gasteiger partial charge in [-0.1, -0.05) is 24.3 Å². The van der Waals surface area contributed by atoms with Crippen LogP contribution in [0.25, 0.3) is 16.8 Å². The normalized spacial score (nSPS) is 15.8. The Morgan fingerprint density at radius 1 is 1.12 bits per heavy atom. The molecule has 0 saturated heterocycles. The van der Waals surface area contributed by atoms with Crippen LogP contribution < -0.4 is 10.6 Å². The molecule has 4 rings (SSSR count). The summed E-state index contributed by atoms with van der Waals surface area (Å²) in [5, 5.41) is 10.9. The van der Waals surface area contributed by atoms with E-state index in [0.29, 0.717) is 19.5 Å². The van der Waals surface area contributed by atoms with Crippen molar-refractivity contribution in [2.45, 2.75) is 12.8 Å². The van der Waals surface area contributed by atoms with Crippen molar-refractivity contribution in [3.63, 3.8) is 0 Å². The van der Waals surface area contributed by atoms with Crippen molar-refractivity contribution >= 4 is 17.2 Å². The molecule has 24 heavy (non-hydrogen) atoms. The van der Waals surface area contributed by atoms with Crippen LogP contribution in [0.2, 0.25) is 0 Å². The number of carbonyl (C=O) groups is 1. The number of nitrogens with one attached hydrogen (secondary N) is 2. The van der Waals surface area contributed by atoms with Gasteiger partial charge in [-0.05, 0) is 23.6 Å². The van der Waals surface area contributed by atoms with Crippen LogP contribution >= 0.6 is 0 Å². The van der Waals surface area contributed by atoms with E-state index in [1.165, 1.54) is 0 Å². The molecule has 6 nitrogen and oxygen atoms in total. The second-order valence-electron chi connectivity index (χ2n) is 5.98. The SMILES string of the molecule is O=C1CCc2cccc(c2)-c2cnn3ccc(nc23)NCCNC1. The van der Waals surface area contributed by atoms with Crippen LogP contribution in [0.15, 0.2) is 42.7 Å². The van der Waals surface area contributed by atoms with E-state index in [1.54, 1.807) is 4.52 Å². The Labute approximate surface area is 139 Å². The number of fused-ring (bicyclic) bond motifs is 4. The molecule has 0 unspecified atom stereocenters. The van der Waals surface area contributed by atoms with Crippen LogP contribution in [0.5, 0.6) is 0 Å². The maximum absolute atomic E-state index is 12.0. The number of aryl methyl sites for hydroxylation is 1. The highest BCUT2D eigenvalue weighted by Crippen LogP contribution is 2.25. The number of Topliss-reactive ketones (excluding diaryl/α,β-unsaturated/α-hetero) is 1. The maximum atomic E-state index is 12.0. The van der Waals surface area contributed by atoms with E-state index in [0.717, 1.165) is 41.1 Å². The Morgan fingerprint density at radius 3 is 3.04 bits per heavy atom. The van der Waals surface area contributed by atoms with Gasteiger partial charge in [0.05, 0.1) is 12.7 Å². The van der Waals surface area contributed by atoms with Gasteiger partial charge in [0.2, 0.25) is 0 Å². The summed E-state index contributed by atoms with van der Waals surface area (Å²) in [6.45, 7) is 1.85. The van der Waals surface area contributed by atoms with Crippen LogP contribution in [-0.2, 0) is 11.2 Å². The lowest BCUT2D eigenvalue weighted by Crippen LogP contribution is -2.28. The summed E-state index contributed by atoms with van der Waals surface area (Å²) in [7, 11) is 0. The third kappa shape index (κ3) is 3.00. The van der Waals surface area contributed by atoms with Gasteiger partial charge in [0.25, 0.3) is 0 Å². The highest BCUT2D eigenvalue weighted by molar-refractivity contribution is 5.81. The standard InChI is InChI=1S/C18H19N5O/c24-15-5-4-13-2-1-3-14(10-13)16-12-21-23-9-6-17(22-18(16)23)20-8-7-19-11-15/h1-3,6,9-10,12,19H,4-5,7-8,11H2,(H,20,22). The second kappa shape index (κ2) is 6.41. The third-order valence-corrected chi connectivity index (χ3v) is 4.23. The van der Waals surface area contributed by atoms with Crippen molar-refractivity contribution in [3.05, 3.63) is 48.3 Å². The zero-order valence-corrected chi connectivity index (χ0v) is 13.3. The van der Waals surface area contributed by atoms with Gasteiger partial charge in [-0.25, -0.2) is 9.50 Å². The highest BCUT2D eigenvalue weighted by atomic mass is 16.1. The van der Waals surface area contributed by atoms with Gasteiger partial charge in [0.15, 0.2) is 5.65 Å². The molecule has 6 heteroatoms. The molecule has 0 amide bonds. The van der Waals surface area contributed by atoms with E-state index >= 15 is 0 Å². The van der Waals surface area contributed by atoms with E-state index in [9.17, 15) is 4.79 Å². The van der Waals surface area contributed by atoms with Gasteiger partial charge in [-0.15, -0.1) is 0 Å². The molecule has 3 aromatic rings. The lowest BCUT2D eigenvalue weighted by Gasteiger charge is -2.07. The summed E-state index contributed by atoms with van der Waals surface area (Å²) in [6, 6.07) is 10.2. The van der Waals surface area contributed by atoms with Crippen molar-refractivity contribution in [1.82, 2.24) is 19.9 Å². The van der Waals surface area contributed by atoms with Crippen molar-refractivity contribution in [3.8, 4) is 11.1 Å². The molecule has 2 aromatic heterocycles. The number of hydrogen-bond donors (Lipinski definition) is 2. The Bertz CT molecular complexity index is 886. The average molecular weight is 321 g/mol. The topological polar surface area (TPSA) is 71.3 Å². The van der Waals surface area contributed by atoms with Crippen molar-refractivity contribution in [2.24, 2.45) is 0 Å². The molecule has 0 aliphatic carbocycles. The van der Waals surface area contributed by atoms with E-state index in [4.69, 9.17) is 0 Å². The van der Waals surface area contributed by atoms with Gasteiger partial charge < -0.3 is 10.6 Å². The molecule has 1 aromatic carbocycles. The Balaban J connectivity index is 1.78. The van der Waals surface area contributed by atoms with Gasteiger partial charge in [-0.2, -0.15) is 5.10 Å². The van der Waals surface area contributed by atoms with Crippen LogP contribution in [0.1, 0.15) is 12.0 Å². The summed E-state index contributed by atoms with van der Waals surface area (Å²) >= 11 is 0. The fraction of sp³-hybridized carbons (Fsp3) is 0.278. The molecule has 0 spiro atoms. The van der Waals surface area contributed by atoms with Gasteiger partial charge >= 0.3 is 0 Å². The summed E-state index contributed by atoms with van der Waals surface area (Å²) in [5.41, 5.74) is 4.06. The van der Waals surface area contributed by atoms with Crippen LogP contribution in [-0.4, -0.2) is 40.0 Å². The summed E-state index contributed by atoms with van der Waals surface area (Å²) in [6.07, 6.45) is 5.06. The first-order valence-corrected chi connectivity index (χ1v) is 8.19. The molecule has 4 bridgehead atoms. The molecule has 0 radical (unpaired) electrons. The number of anilines is 1. The molecule has 1 aliphatic heterocycles. The number of hydrogen-bond acceptors (Lipinski definition) is 5. The Hall–Kier alpha value is -2.73. The Morgan fingerprint density at radius 2 is 2.08 bits per heavy atom. The predicted octanol–water partition coefficient (Wildman–Crippen LogP) is 1.91. The molecule has 0 atom stereocenters. The molecule has 3 heterocycles. The smallest absolute Gasteiger partial charge is 0.165 e. The number of benzene rings is 1. The van der Waals surface area contributed by atoms with Crippen molar-refractivity contribution < 1.29 is 4.79 Å². The van der Waals surface area contributed by atoms with Crippen molar-refractivity contribution in [2.75, 3.05) is 25.0 Å². The number of ketones is 1. The van der Waals surface area contributed by atoms with Crippen LogP contribution in [0.3, 0.4) is 0 Å². The van der Waals surface area contributed by atoms with E-state index in [-0.39, 0.29) is 5.78 Å². The minimum Gasteiger partial charge on any atom is -0.369 e. The van der Waals surface area contributed by atoms with E-state index in [1.807, 2.05) is 24.5 Å². The summed E-state index contributed by atoms with van der Waals surface area (Å²) in [5.74, 6) is 1.05. The summed E-state index contributed by atoms with van der Waals surface area (Å²) < 4.78 is 1.78. The van der Waals surface area contributed by atoms with Crippen molar-refractivity contribution in [1.29, 1.82) is 0 Å². The number of rotatable bonds is 0. The fourth-order valence-corrected chi connectivity index (χ4v) is 2.94. The lowest BCUT2D eigenvalue weighted by molar-refractivity contribution is -0.118. The predicted molar refractivity (Wildman–Crippen MR) is 93.1 cm³/mol. The number of nitrogens with zero attached hydrogens (tertiary/aromatic N) is 3. The largest absolute Gasteiger partial charge is 0.369 e.